The molecule has 176 valence electrons. The zero-order chi connectivity index (χ0) is 23.9. The number of piperidine rings is 1. The number of carbonyl (C=O) groups excluding carboxylic acids is 2. The second-order valence-electron chi connectivity index (χ2n) is 8.41. The summed E-state index contributed by atoms with van der Waals surface area (Å²) in [6, 6.07) is 3.61. The molecule has 2 aromatic rings. The van der Waals surface area contributed by atoms with Crippen LogP contribution in [0.3, 0.4) is 0 Å². The van der Waals surface area contributed by atoms with Crippen molar-refractivity contribution >= 4 is 29.2 Å². The van der Waals surface area contributed by atoms with Gasteiger partial charge in [0.25, 0.3) is 5.91 Å². The van der Waals surface area contributed by atoms with Crippen molar-refractivity contribution in [1.82, 2.24) is 25.2 Å². The number of rotatable bonds is 6. The number of nitrogens with one attached hydrogen (secondary N) is 3. The maximum absolute atomic E-state index is 12.5. The van der Waals surface area contributed by atoms with Gasteiger partial charge >= 0.3 is 6.03 Å². The lowest BCUT2D eigenvalue weighted by atomic mass is 9.97. The number of urea groups is 1. The van der Waals surface area contributed by atoms with Gasteiger partial charge in [-0.25, -0.2) is 14.8 Å². The van der Waals surface area contributed by atoms with E-state index in [2.05, 4.69) is 31.7 Å². The van der Waals surface area contributed by atoms with E-state index >= 15 is 0 Å². The third-order valence-corrected chi connectivity index (χ3v) is 7.15. The fraction of sp³-hybridized carbons (Fsp3) is 0.478. The fourth-order valence-corrected chi connectivity index (χ4v) is 5.22. The highest BCUT2D eigenvalue weighted by Gasteiger charge is 2.26. The molecular weight excluding hydrogens is 452 g/mol. The summed E-state index contributed by atoms with van der Waals surface area (Å²) in [6.07, 6.45) is 9.66. The van der Waals surface area contributed by atoms with Crippen LogP contribution in [-0.4, -0.2) is 51.4 Å². The van der Waals surface area contributed by atoms with E-state index in [1.165, 1.54) is 29.8 Å². The Morgan fingerprint density at radius 2 is 2.03 bits per heavy atom. The number of nitrogens with zero attached hydrogens (tertiary/aromatic N) is 5. The first-order chi connectivity index (χ1) is 16.6. The van der Waals surface area contributed by atoms with Gasteiger partial charge in [-0.1, -0.05) is 11.6 Å². The van der Waals surface area contributed by atoms with Crippen molar-refractivity contribution in [2.75, 3.05) is 25.0 Å². The lowest BCUT2D eigenvalue weighted by Gasteiger charge is -2.31. The van der Waals surface area contributed by atoms with Crippen molar-refractivity contribution in [1.29, 1.82) is 10.5 Å². The Kier molecular flexibility index (Phi) is 7.55. The van der Waals surface area contributed by atoms with Crippen LogP contribution in [0.5, 0.6) is 0 Å². The third kappa shape index (κ3) is 5.61. The van der Waals surface area contributed by atoms with Crippen molar-refractivity contribution in [3.05, 3.63) is 39.1 Å². The van der Waals surface area contributed by atoms with Crippen LogP contribution < -0.4 is 10.6 Å². The van der Waals surface area contributed by atoms with E-state index in [0.717, 1.165) is 37.1 Å². The summed E-state index contributed by atoms with van der Waals surface area (Å²) in [7, 11) is 0. The second kappa shape index (κ2) is 10.9. The number of anilines is 1. The third-order valence-electron chi connectivity index (χ3n) is 6.15. The topological polar surface area (TPSA) is 151 Å². The summed E-state index contributed by atoms with van der Waals surface area (Å²) in [5.41, 5.74) is 1.64. The summed E-state index contributed by atoms with van der Waals surface area (Å²) in [4.78, 5) is 37.8. The number of amides is 3. The second-order valence-corrected chi connectivity index (χ2v) is 9.30. The molecule has 3 amide bonds. The number of hydrogen-bond acceptors (Lipinski definition) is 7. The molecule has 10 nitrogen and oxygen atoms in total. The summed E-state index contributed by atoms with van der Waals surface area (Å²) < 4.78 is 0. The van der Waals surface area contributed by atoms with Crippen LogP contribution in [0.4, 0.5) is 10.7 Å². The first kappa shape index (κ1) is 23.5. The quantitative estimate of drug-likeness (QED) is 0.539. The summed E-state index contributed by atoms with van der Waals surface area (Å²) in [6.45, 7) is 1.98. The van der Waals surface area contributed by atoms with Gasteiger partial charge in [-0.2, -0.15) is 10.5 Å². The number of aromatic amines is 1. The number of carbonyl (C=O) groups is 2. The molecule has 0 aromatic carbocycles. The lowest BCUT2D eigenvalue weighted by Crippen LogP contribution is -2.44. The SMILES string of the molecule is N#Cc1nc(NC(=O)c2csc(C3CCN(C(=O)NCCC4=CCCCC4)CC3)n2)[nH]c1C#N. The minimum Gasteiger partial charge on any atom is -0.338 e. The van der Waals surface area contributed by atoms with E-state index in [0.29, 0.717) is 19.6 Å². The highest BCUT2D eigenvalue weighted by Crippen LogP contribution is 2.30. The highest BCUT2D eigenvalue weighted by molar-refractivity contribution is 7.10. The number of hydrogen-bond donors (Lipinski definition) is 3. The number of aromatic nitrogens is 3. The van der Waals surface area contributed by atoms with Gasteiger partial charge in [0, 0.05) is 30.9 Å². The van der Waals surface area contributed by atoms with Gasteiger partial charge in [0.2, 0.25) is 5.95 Å². The van der Waals surface area contributed by atoms with E-state index in [-0.39, 0.29) is 35.0 Å². The molecule has 1 aliphatic heterocycles. The molecule has 1 aliphatic carbocycles. The molecule has 0 radical (unpaired) electrons. The van der Waals surface area contributed by atoms with Crippen molar-refractivity contribution in [2.45, 2.75) is 50.9 Å². The maximum atomic E-state index is 12.5. The number of allylic oxidation sites excluding steroid dienone is 1. The summed E-state index contributed by atoms with van der Waals surface area (Å²) in [5, 5.41) is 26.1. The predicted molar refractivity (Wildman–Crippen MR) is 126 cm³/mol. The number of thiazole rings is 1. The van der Waals surface area contributed by atoms with E-state index in [1.807, 2.05) is 11.0 Å². The minimum atomic E-state index is -0.463. The molecule has 0 spiro atoms. The Morgan fingerprint density at radius 1 is 1.21 bits per heavy atom. The molecule has 1 saturated heterocycles. The monoisotopic (exact) mass is 478 g/mol. The van der Waals surface area contributed by atoms with Crippen molar-refractivity contribution in [3.63, 3.8) is 0 Å². The average Bonchev–Trinajstić information content (AvgIpc) is 3.52. The summed E-state index contributed by atoms with van der Waals surface area (Å²) >= 11 is 1.42. The number of likely N-dealkylation sites (tertiary alicyclic amines) is 1. The molecule has 1 fully saturated rings. The maximum Gasteiger partial charge on any atom is 0.317 e. The molecule has 4 rings (SSSR count). The summed E-state index contributed by atoms with van der Waals surface area (Å²) in [5.74, 6) is -0.233. The van der Waals surface area contributed by atoms with Crippen molar-refractivity contribution in [3.8, 4) is 12.1 Å². The molecule has 0 atom stereocenters. The van der Waals surface area contributed by atoms with Gasteiger partial charge in [-0.3, -0.25) is 10.1 Å². The van der Waals surface area contributed by atoms with Crippen LogP contribution in [0.2, 0.25) is 0 Å². The fourth-order valence-electron chi connectivity index (χ4n) is 4.25. The lowest BCUT2D eigenvalue weighted by molar-refractivity contribution is 0.102. The first-order valence-electron chi connectivity index (χ1n) is 11.4. The van der Waals surface area contributed by atoms with Gasteiger partial charge in [-0.15, -0.1) is 11.3 Å². The molecular formula is C23H26N8O2S. The number of H-pyrrole nitrogens is 1. The normalized spacial score (nSPS) is 16.3. The van der Waals surface area contributed by atoms with E-state index in [1.54, 1.807) is 11.4 Å². The largest absolute Gasteiger partial charge is 0.338 e. The van der Waals surface area contributed by atoms with Gasteiger partial charge in [-0.05, 0) is 44.9 Å². The highest BCUT2D eigenvalue weighted by atomic mass is 32.1. The van der Waals surface area contributed by atoms with Gasteiger partial charge < -0.3 is 15.2 Å². The van der Waals surface area contributed by atoms with Gasteiger partial charge in [0.1, 0.15) is 17.8 Å². The molecule has 2 aliphatic rings. The van der Waals surface area contributed by atoms with Crippen molar-refractivity contribution in [2.24, 2.45) is 0 Å². The Bertz CT molecular complexity index is 1130. The smallest absolute Gasteiger partial charge is 0.317 e. The molecule has 3 heterocycles. The van der Waals surface area contributed by atoms with E-state index < -0.39 is 5.91 Å². The zero-order valence-corrected chi connectivity index (χ0v) is 19.6. The zero-order valence-electron chi connectivity index (χ0n) is 18.8. The number of nitriles is 2. The Labute approximate surface area is 201 Å². The molecule has 3 N–H and O–H groups in total. The van der Waals surface area contributed by atoms with Gasteiger partial charge in [0.15, 0.2) is 11.4 Å². The van der Waals surface area contributed by atoms with E-state index in [9.17, 15) is 9.59 Å². The minimum absolute atomic E-state index is 0.00126. The molecule has 11 heteroatoms. The van der Waals surface area contributed by atoms with Crippen LogP contribution >= 0.6 is 11.3 Å². The van der Waals surface area contributed by atoms with Crippen LogP contribution in [0.25, 0.3) is 0 Å². The van der Waals surface area contributed by atoms with Crippen LogP contribution in [0.15, 0.2) is 17.0 Å². The first-order valence-corrected chi connectivity index (χ1v) is 12.3. The Balaban J connectivity index is 1.24. The molecule has 0 saturated carbocycles. The Hall–Kier alpha value is -3.70. The molecule has 2 aromatic heterocycles. The van der Waals surface area contributed by atoms with Crippen LogP contribution in [0, 0.1) is 22.7 Å². The average molecular weight is 479 g/mol. The van der Waals surface area contributed by atoms with E-state index in [4.69, 9.17) is 10.5 Å². The van der Waals surface area contributed by atoms with Gasteiger partial charge in [0.05, 0.1) is 5.01 Å². The molecule has 34 heavy (non-hydrogen) atoms. The van der Waals surface area contributed by atoms with Crippen LogP contribution in [-0.2, 0) is 0 Å². The Morgan fingerprint density at radius 3 is 2.71 bits per heavy atom. The molecule has 0 unspecified atom stereocenters. The number of imidazole rings is 1. The van der Waals surface area contributed by atoms with Crippen LogP contribution in [0.1, 0.15) is 77.7 Å². The molecule has 0 bridgehead atoms. The standard InChI is InChI=1S/C23H26N8O2S/c24-12-17-18(13-25)29-22(28-17)30-20(32)19-14-34-21(27-19)16-7-10-31(11-8-16)23(33)26-9-6-15-4-2-1-3-5-15/h4,14,16H,1-3,5-11H2,(H,26,33)(H2,28,29,30,32). The van der Waals surface area contributed by atoms with Crippen molar-refractivity contribution < 1.29 is 9.59 Å². The predicted octanol–water partition coefficient (Wildman–Crippen LogP) is 3.64.